The van der Waals surface area contributed by atoms with Crippen molar-refractivity contribution in [1.82, 2.24) is 0 Å². The van der Waals surface area contributed by atoms with Crippen molar-refractivity contribution in [2.45, 2.75) is 8.43 Å². The topological polar surface area (TPSA) is 55.2 Å². The number of rotatable bonds is 1. The van der Waals surface area contributed by atoms with E-state index < -0.39 is 8.46 Å². The Bertz CT molecular complexity index is 408. The van der Waals surface area contributed by atoms with Gasteiger partial charge in [0.1, 0.15) is 5.69 Å². The van der Waals surface area contributed by atoms with E-state index >= 15 is 0 Å². The zero-order chi connectivity index (χ0) is 10.3. The number of benzene rings is 1. The number of nitro benzene ring substituents is 1. The number of nitrogens with one attached hydrogen (secondary N) is 1. The minimum atomic E-state index is -0.769. The zero-order valence-corrected chi connectivity index (χ0v) is 9.40. The fourth-order valence-electron chi connectivity index (χ4n) is 1.22. The van der Waals surface area contributed by atoms with Crippen molar-refractivity contribution in [3.05, 3.63) is 28.3 Å². The molecule has 1 aromatic rings. The second-order valence-electron chi connectivity index (χ2n) is 2.74. The molecule has 0 radical (unpaired) electrons. The lowest BCUT2D eigenvalue weighted by Gasteiger charge is -2.13. The lowest BCUT2D eigenvalue weighted by atomic mass is 10.3. The molecule has 1 heterocycles. The standard InChI is InChI=1S/C7H6N2O2S3/c10-9(11)4-2-1-3-5-6(4)8-7(12,13)14-5/h1-3,8,12-13H. The maximum atomic E-state index is 10.7. The number of thioether (sulfide) groups is 1. The molecular weight excluding hydrogens is 240 g/mol. The second kappa shape index (κ2) is 3.25. The average molecular weight is 246 g/mol. The van der Waals surface area contributed by atoms with Crippen LogP contribution in [0.25, 0.3) is 0 Å². The lowest BCUT2D eigenvalue weighted by molar-refractivity contribution is -0.384. The Hall–Kier alpha value is -0.530. The number of hydrogen-bond acceptors (Lipinski definition) is 6. The monoisotopic (exact) mass is 246 g/mol. The van der Waals surface area contributed by atoms with Crippen LogP contribution in [0.2, 0.25) is 0 Å². The SMILES string of the molecule is O=[N+]([O-])c1cccc2c1NC(S)(S)S2. The van der Waals surface area contributed by atoms with Crippen molar-refractivity contribution in [3.63, 3.8) is 0 Å². The Morgan fingerprint density at radius 3 is 2.86 bits per heavy atom. The minimum Gasteiger partial charge on any atom is -0.348 e. The summed E-state index contributed by atoms with van der Waals surface area (Å²) in [4.78, 5) is 11.1. The highest BCUT2D eigenvalue weighted by molar-refractivity contribution is 8.24. The molecule has 1 aliphatic rings. The number of hydrogen-bond donors (Lipinski definition) is 3. The fraction of sp³-hybridized carbons (Fsp3) is 0.143. The van der Waals surface area contributed by atoms with Gasteiger partial charge in [-0.05, 0) is 6.07 Å². The van der Waals surface area contributed by atoms with Crippen LogP contribution in [0.5, 0.6) is 0 Å². The average Bonchev–Trinajstić information content (AvgIpc) is 2.36. The van der Waals surface area contributed by atoms with Gasteiger partial charge in [0.05, 0.1) is 4.92 Å². The molecule has 0 unspecified atom stereocenters. The maximum Gasteiger partial charge on any atom is 0.293 e. The van der Waals surface area contributed by atoms with E-state index in [1.54, 1.807) is 12.1 Å². The van der Waals surface area contributed by atoms with Gasteiger partial charge in [-0.15, -0.1) is 25.3 Å². The number of nitro groups is 1. The van der Waals surface area contributed by atoms with Crippen LogP contribution in [0.4, 0.5) is 11.4 Å². The molecule has 0 aromatic heterocycles. The predicted molar refractivity (Wildman–Crippen MR) is 63.3 cm³/mol. The van der Waals surface area contributed by atoms with Gasteiger partial charge < -0.3 is 5.32 Å². The van der Waals surface area contributed by atoms with E-state index in [0.717, 1.165) is 4.90 Å². The zero-order valence-electron chi connectivity index (χ0n) is 6.80. The summed E-state index contributed by atoms with van der Waals surface area (Å²) in [5.41, 5.74) is 0.549. The molecule has 0 atom stereocenters. The molecule has 74 valence electrons. The fourth-order valence-corrected chi connectivity index (χ4v) is 2.90. The summed E-state index contributed by atoms with van der Waals surface area (Å²) in [6.45, 7) is 0. The van der Waals surface area contributed by atoms with Gasteiger partial charge in [-0.1, -0.05) is 17.8 Å². The first-order valence-electron chi connectivity index (χ1n) is 3.69. The van der Waals surface area contributed by atoms with Crippen molar-refractivity contribution in [2.24, 2.45) is 0 Å². The molecule has 14 heavy (non-hydrogen) atoms. The van der Waals surface area contributed by atoms with Crippen LogP contribution in [0.3, 0.4) is 0 Å². The molecule has 0 bridgehead atoms. The van der Waals surface area contributed by atoms with Crippen LogP contribution in [0, 0.1) is 10.1 Å². The summed E-state index contributed by atoms with van der Waals surface area (Å²) in [5, 5.41) is 13.6. The highest BCUT2D eigenvalue weighted by Gasteiger charge is 2.35. The Labute approximate surface area is 95.4 Å². The molecule has 0 saturated carbocycles. The third-order valence-corrected chi connectivity index (χ3v) is 3.46. The number of nitrogens with zero attached hydrogens (tertiary/aromatic N) is 1. The van der Waals surface area contributed by atoms with E-state index in [0.29, 0.717) is 5.69 Å². The molecular formula is C7H6N2O2S3. The Morgan fingerprint density at radius 1 is 1.50 bits per heavy atom. The Kier molecular flexibility index (Phi) is 2.32. The predicted octanol–water partition coefficient (Wildman–Crippen LogP) is 2.58. The van der Waals surface area contributed by atoms with Gasteiger partial charge >= 0.3 is 0 Å². The summed E-state index contributed by atoms with van der Waals surface area (Å²) < 4.78 is -0.769. The number of anilines is 1. The third-order valence-electron chi connectivity index (χ3n) is 1.74. The summed E-state index contributed by atoms with van der Waals surface area (Å²) >= 11 is 9.74. The molecule has 0 fully saturated rings. The maximum absolute atomic E-state index is 10.7. The highest BCUT2D eigenvalue weighted by Crippen LogP contribution is 2.52. The van der Waals surface area contributed by atoms with Gasteiger partial charge in [0.25, 0.3) is 5.69 Å². The minimum absolute atomic E-state index is 0.0555. The quantitative estimate of drug-likeness (QED) is 0.308. The van der Waals surface area contributed by atoms with E-state index in [-0.39, 0.29) is 5.69 Å². The molecule has 0 saturated heterocycles. The third kappa shape index (κ3) is 1.67. The van der Waals surface area contributed by atoms with Gasteiger partial charge in [-0.25, -0.2) is 0 Å². The van der Waals surface area contributed by atoms with Crippen LogP contribution < -0.4 is 5.32 Å². The largest absolute Gasteiger partial charge is 0.348 e. The van der Waals surface area contributed by atoms with E-state index in [1.165, 1.54) is 17.8 Å². The smallest absolute Gasteiger partial charge is 0.293 e. The van der Waals surface area contributed by atoms with Crippen molar-refractivity contribution < 1.29 is 4.92 Å². The van der Waals surface area contributed by atoms with E-state index in [9.17, 15) is 10.1 Å². The van der Waals surface area contributed by atoms with Crippen molar-refractivity contribution >= 4 is 48.4 Å². The molecule has 0 aliphatic carbocycles. The first-order valence-corrected chi connectivity index (χ1v) is 5.40. The molecule has 0 amide bonds. The van der Waals surface area contributed by atoms with Gasteiger partial charge in [0, 0.05) is 11.0 Å². The van der Waals surface area contributed by atoms with Gasteiger partial charge in [0.2, 0.25) is 0 Å². The van der Waals surface area contributed by atoms with Crippen LogP contribution >= 0.6 is 37.0 Å². The van der Waals surface area contributed by atoms with Gasteiger partial charge in [-0.2, -0.15) is 0 Å². The van der Waals surface area contributed by atoms with Crippen LogP contribution in [0.15, 0.2) is 23.1 Å². The highest BCUT2D eigenvalue weighted by atomic mass is 32.2. The van der Waals surface area contributed by atoms with Crippen LogP contribution in [-0.2, 0) is 0 Å². The van der Waals surface area contributed by atoms with Gasteiger partial charge in [-0.3, -0.25) is 10.1 Å². The Balaban J connectivity index is 2.52. The van der Waals surface area contributed by atoms with Crippen molar-refractivity contribution in [1.29, 1.82) is 0 Å². The summed E-state index contributed by atoms with van der Waals surface area (Å²) in [5.74, 6) is 0. The number of fused-ring (bicyclic) bond motifs is 1. The van der Waals surface area contributed by atoms with E-state index in [2.05, 4.69) is 30.6 Å². The molecule has 1 N–H and O–H groups in total. The molecule has 1 aliphatic heterocycles. The first-order chi connectivity index (χ1) is 6.49. The molecule has 2 rings (SSSR count). The first kappa shape index (κ1) is 10.0. The van der Waals surface area contributed by atoms with E-state index in [1.807, 2.05) is 0 Å². The summed E-state index contributed by atoms with van der Waals surface area (Å²) in [6, 6.07) is 4.90. The van der Waals surface area contributed by atoms with Crippen molar-refractivity contribution in [3.8, 4) is 0 Å². The number of para-hydroxylation sites is 1. The summed E-state index contributed by atoms with van der Waals surface area (Å²) in [6.07, 6.45) is 0. The lowest BCUT2D eigenvalue weighted by Crippen LogP contribution is -2.14. The molecule has 7 heteroatoms. The number of thiol groups is 2. The van der Waals surface area contributed by atoms with Gasteiger partial charge in [0.15, 0.2) is 3.54 Å². The summed E-state index contributed by atoms with van der Waals surface area (Å²) in [7, 11) is 0. The normalized spacial score (nSPS) is 17.3. The molecule has 1 aromatic carbocycles. The Morgan fingerprint density at radius 2 is 2.21 bits per heavy atom. The molecule has 4 nitrogen and oxygen atoms in total. The van der Waals surface area contributed by atoms with Crippen LogP contribution in [-0.4, -0.2) is 8.46 Å². The van der Waals surface area contributed by atoms with E-state index in [4.69, 9.17) is 0 Å². The van der Waals surface area contributed by atoms with Crippen LogP contribution in [0.1, 0.15) is 0 Å². The van der Waals surface area contributed by atoms with Crippen molar-refractivity contribution in [2.75, 3.05) is 5.32 Å². The second-order valence-corrected chi connectivity index (χ2v) is 6.30. The molecule has 0 spiro atoms.